The SMILES string of the molecule is CC(C)n1cnc2cccc(C(=O)O)c21. The van der Waals surface area contributed by atoms with Gasteiger partial charge in [-0.2, -0.15) is 0 Å². The summed E-state index contributed by atoms with van der Waals surface area (Å²) in [5.41, 5.74) is 1.72. The second-order valence-electron chi connectivity index (χ2n) is 3.72. The van der Waals surface area contributed by atoms with Crippen LogP contribution in [0.1, 0.15) is 30.2 Å². The third kappa shape index (κ3) is 1.48. The monoisotopic (exact) mass is 204 g/mol. The number of aromatic carboxylic acids is 1. The number of fused-ring (bicyclic) bond motifs is 1. The number of carbonyl (C=O) groups is 1. The maximum Gasteiger partial charge on any atom is 0.337 e. The fourth-order valence-electron chi connectivity index (χ4n) is 1.65. The van der Waals surface area contributed by atoms with Crippen LogP contribution in [0.15, 0.2) is 24.5 Å². The Morgan fingerprint density at radius 2 is 2.20 bits per heavy atom. The van der Waals surface area contributed by atoms with Crippen molar-refractivity contribution >= 4 is 17.0 Å². The summed E-state index contributed by atoms with van der Waals surface area (Å²) in [7, 11) is 0. The average molecular weight is 204 g/mol. The van der Waals surface area contributed by atoms with Crippen LogP contribution in [-0.2, 0) is 0 Å². The van der Waals surface area contributed by atoms with Gasteiger partial charge in [0.1, 0.15) is 0 Å². The Bertz CT molecular complexity index is 514. The van der Waals surface area contributed by atoms with Crippen LogP contribution in [0.3, 0.4) is 0 Å². The summed E-state index contributed by atoms with van der Waals surface area (Å²) in [5.74, 6) is -0.914. The molecular formula is C11H12N2O2. The Balaban J connectivity index is 2.80. The number of hydrogen-bond donors (Lipinski definition) is 1. The highest BCUT2D eigenvalue weighted by Crippen LogP contribution is 2.21. The molecule has 0 atom stereocenters. The van der Waals surface area contributed by atoms with Crippen LogP contribution in [0.4, 0.5) is 0 Å². The molecule has 1 N–H and O–H groups in total. The van der Waals surface area contributed by atoms with E-state index in [4.69, 9.17) is 5.11 Å². The largest absolute Gasteiger partial charge is 0.478 e. The first kappa shape index (κ1) is 9.71. The van der Waals surface area contributed by atoms with Crippen LogP contribution in [0.5, 0.6) is 0 Å². The van der Waals surface area contributed by atoms with E-state index in [1.807, 2.05) is 24.5 Å². The summed E-state index contributed by atoms with van der Waals surface area (Å²) < 4.78 is 1.87. The number of hydrogen-bond acceptors (Lipinski definition) is 2. The standard InChI is InChI=1S/C11H12N2O2/c1-7(2)13-6-12-9-5-3-4-8(10(9)13)11(14)15/h3-7H,1-2H3,(H,14,15). The van der Waals surface area contributed by atoms with Gasteiger partial charge in [-0.15, -0.1) is 0 Å². The van der Waals surface area contributed by atoms with Crippen LogP contribution in [0.25, 0.3) is 11.0 Å². The quantitative estimate of drug-likeness (QED) is 0.816. The van der Waals surface area contributed by atoms with Gasteiger partial charge in [0, 0.05) is 6.04 Å². The highest BCUT2D eigenvalue weighted by molar-refractivity contribution is 6.01. The first-order valence-corrected chi connectivity index (χ1v) is 4.80. The summed E-state index contributed by atoms with van der Waals surface area (Å²) in [6.07, 6.45) is 1.68. The molecule has 0 amide bonds. The summed E-state index contributed by atoms with van der Waals surface area (Å²) in [6, 6.07) is 5.34. The molecule has 0 aliphatic rings. The van der Waals surface area contributed by atoms with Crippen LogP contribution < -0.4 is 0 Å². The van der Waals surface area contributed by atoms with Gasteiger partial charge in [0.05, 0.1) is 22.9 Å². The molecule has 0 bridgehead atoms. The molecule has 2 aromatic rings. The van der Waals surface area contributed by atoms with Gasteiger partial charge in [0.25, 0.3) is 0 Å². The minimum Gasteiger partial charge on any atom is -0.478 e. The number of rotatable bonds is 2. The van der Waals surface area contributed by atoms with E-state index in [1.54, 1.807) is 18.5 Å². The number of carboxylic acids is 1. The molecule has 4 nitrogen and oxygen atoms in total. The predicted molar refractivity (Wildman–Crippen MR) is 57.1 cm³/mol. The average Bonchev–Trinajstić information content (AvgIpc) is 2.60. The Morgan fingerprint density at radius 3 is 2.80 bits per heavy atom. The van der Waals surface area contributed by atoms with Crippen molar-refractivity contribution in [3.8, 4) is 0 Å². The predicted octanol–water partition coefficient (Wildman–Crippen LogP) is 2.32. The van der Waals surface area contributed by atoms with Crippen LogP contribution in [0, 0.1) is 0 Å². The molecule has 15 heavy (non-hydrogen) atoms. The van der Waals surface area contributed by atoms with Gasteiger partial charge in [-0.05, 0) is 26.0 Å². The first-order chi connectivity index (χ1) is 7.11. The Kier molecular flexibility index (Phi) is 2.19. The lowest BCUT2D eigenvalue weighted by Crippen LogP contribution is -2.04. The molecule has 1 heterocycles. The Labute approximate surface area is 87.2 Å². The van der Waals surface area contributed by atoms with E-state index in [-0.39, 0.29) is 6.04 Å². The fraction of sp³-hybridized carbons (Fsp3) is 0.273. The molecule has 0 saturated carbocycles. The van der Waals surface area contributed by atoms with E-state index in [0.29, 0.717) is 11.1 Å². The van der Waals surface area contributed by atoms with Gasteiger partial charge in [0.2, 0.25) is 0 Å². The molecular weight excluding hydrogens is 192 g/mol. The van der Waals surface area contributed by atoms with Gasteiger partial charge >= 0.3 is 5.97 Å². The zero-order valence-electron chi connectivity index (χ0n) is 8.64. The highest BCUT2D eigenvalue weighted by atomic mass is 16.4. The van der Waals surface area contributed by atoms with Crippen molar-refractivity contribution in [1.82, 2.24) is 9.55 Å². The smallest absolute Gasteiger partial charge is 0.337 e. The maximum atomic E-state index is 11.0. The van der Waals surface area contributed by atoms with E-state index in [9.17, 15) is 4.79 Å². The molecule has 0 unspecified atom stereocenters. The van der Waals surface area contributed by atoms with Crippen molar-refractivity contribution in [2.75, 3.05) is 0 Å². The second kappa shape index (κ2) is 3.38. The van der Waals surface area contributed by atoms with E-state index in [0.717, 1.165) is 5.52 Å². The van der Waals surface area contributed by atoms with Crippen LogP contribution >= 0.6 is 0 Å². The molecule has 0 aliphatic heterocycles. The Hall–Kier alpha value is -1.84. The van der Waals surface area contributed by atoms with Gasteiger partial charge in [0.15, 0.2) is 0 Å². The Morgan fingerprint density at radius 1 is 1.47 bits per heavy atom. The van der Waals surface area contributed by atoms with E-state index >= 15 is 0 Å². The normalized spacial score (nSPS) is 11.1. The molecule has 1 aromatic heterocycles. The molecule has 0 fully saturated rings. The topological polar surface area (TPSA) is 55.1 Å². The van der Waals surface area contributed by atoms with E-state index in [1.165, 1.54) is 0 Å². The van der Waals surface area contributed by atoms with Gasteiger partial charge in [-0.25, -0.2) is 9.78 Å². The van der Waals surface area contributed by atoms with Gasteiger partial charge in [-0.1, -0.05) is 6.07 Å². The number of nitrogens with zero attached hydrogens (tertiary/aromatic N) is 2. The lowest BCUT2D eigenvalue weighted by molar-refractivity contribution is 0.0698. The molecule has 0 spiro atoms. The number of imidazole rings is 1. The molecule has 1 aromatic carbocycles. The van der Waals surface area contributed by atoms with Crippen molar-refractivity contribution in [2.24, 2.45) is 0 Å². The number of carboxylic acid groups (broad SMARTS) is 1. The maximum absolute atomic E-state index is 11.0. The molecule has 4 heteroatoms. The zero-order chi connectivity index (χ0) is 11.0. The number of aromatic nitrogens is 2. The zero-order valence-corrected chi connectivity index (χ0v) is 8.64. The third-order valence-electron chi connectivity index (χ3n) is 2.38. The molecule has 78 valence electrons. The fourth-order valence-corrected chi connectivity index (χ4v) is 1.65. The van der Waals surface area contributed by atoms with Gasteiger partial charge < -0.3 is 9.67 Å². The minimum atomic E-state index is -0.914. The van der Waals surface area contributed by atoms with Crippen molar-refractivity contribution < 1.29 is 9.90 Å². The van der Waals surface area contributed by atoms with Crippen molar-refractivity contribution in [1.29, 1.82) is 0 Å². The first-order valence-electron chi connectivity index (χ1n) is 4.80. The third-order valence-corrected chi connectivity index (χ3v) is 2.38. The molecule has 0 saturated heterocycles. The molecule has 2 rings (SSSR count). The van der Waals surface area contributed by atoms with Crippen LogP contribution in [-0.4, -0.2) is 20.6 Å². The van der Waals surface area contributed by atoms with Crippen molar-refractivity contribution in [3.63, 3.8) is 0 Å². The summed E-state index contributed by atoms with van der Waals surface area (Å²) >= 11 is 0. The number of benzene rings is 1. The summed E-state index contributed by atoms with van der Waals surface area (Å²) in [4.78, 5) is 15.2. The second-order valence-corrected chi connectivity index (χ2v) is 3.72. The van der Waals surface area contributed by atoms with Crippen LogP contribution in [0.2, 0.25) is 0 Å². The molecule has 0 radical (unpaired) electrons. The summed E-state index contributed by atoms with van der Waals surface area (Å²) in [5, 5.41) is 9.07. The lowest BCUT2D eigenvalue weighted by atomic mass is 10.2. The molecule has 0 aliphatic carbocycles. The lowest BCUT2D eigenvalue weighted by Gasteiger charge is -2.09. The highest BCUT2D eigenvalue weighted by Gasteiger charge is 2.14. The van der Waals surface area contributed by atoms with Crippen molar-refractivity contribution in [3.05, 3.63) is 30.1 Å². The number of para-hydroxylation sites is 1. The summed E-state index contributed by atoms with van der Waals surface area (Å²) in [6.45, 7) is 4.00. The van der Waals surface area contributed by atoms with Crippen molar-refractivity contribution in [2.45, 2.75) is 19.9 Å². The van der Waals surface area contributed by atoms with E-state index < -0.39 is 5.97 Å². The van der Waals surface area contributed by atoms with E-state index in [2.05, 4.69) is 4.98 Å². The van der Waals surface area contributed by atoms with Gasteiger partial charge in [-0.3, -0.25) is 0 Å². The minimum absolute atomic E-state index is 0.204.